The highest BCUT2D eigenvalue weighted by Gasteiger charge is 2.28. The molecule has 2 aliphatic rings. The van der Waals surface area contributed by atoms with Crippen LogP contribution in [0.5, 0.6) is 0 Å². The zero-order valence-corrected chi connectivity index (χ0v) is 15.9. The van der Waals surface area contributed by atoms with Gasteiger partial charge in [-0.3, -0.25) is 0 Å². The first-order valence-electron chi connectivity index (χ1n) is 7.95. The SMILES string of the molecule is Cc1c(Br)c(Br)c2c3c1nc(N1CCC[C@@H](N)C1)n3CCC2. The number of aryl methyl sites for hydroxylation is 3. The predicted molar refractivity (Wildman–Crippen MR) is 97.6 cm³/mol. The van der Waals surface area contributed by atoms with E-state index in [1.165, 1.54) is 27.5 Å². The third kappa shape index (κ3) is 2.14. The van der Waals surface area contributed by atoms with Gasteiger partial charge in [0.25, 0.3) is 0 Å². The van der Waals surface area contributed by atoms with Crippen molar-refractivity contribution in [2.24, 2.45) is 5.73 Å². The quantitative estimate of drug-likeness (QED) is 0.753. The third-order valence-corrected chi connectivity index (χ3v) is 7.32. The fourth-order valence-electron chi connectivity index (χ4n) is 3.80. The van der Waals surface area contributed by atoms with E-state index in [0.717, 1.165) is 54.8 Å². The van der Waals surface area contributed by atoms with E-state index in [4.69, 9.17) is 10.7 Å². The molecular weight excluding hydrogens is 408 g/mol. The number of imidazole rings is 1. The molecule has 1 aromatic carbocycles. The second kappa shape index (κ2) is 5.49. The van der Waals surface area contributed by atoms with Gasteiger partial charge < -0.3 is 15.2 Å². The molecule has 0 bridgehead atoms. The average Bonchev–Trinajstić information content (AvgIpc) is 2.91. The van der Waals surface area contributed by atoms with Crippen LogP contribution in [0, 0.1) is 6.92 Å². The summed E-state index contributed by atoms with van der Waals surface area (Å²) < 4.78 is 4.75. The smallest absolute Gasteiger partial charge is 0.206 e. The summed E-state index contributed by atoms with van der Waals surface area (Å²) in [7, 11) is 0. The maximum absolute atomic E-state index is 6.18. The van der Waals surface area contributed by atoms with Crippen molar-refractivity contribution in [3.05, 3.63) is 20.1 Å². The van der Waals surface area contributed by atoms with Gasteiger partial charge >= 0.3 is 0 Å². The molecule has 0 aliphatic carbocycles. The maximum atomic E-state index is 6.18. The molecule has 0 unspecified atom stereocenters. The van der Waals surface area contributed by atoms with Crippen LogP contribution < -0.4 is 10.6 Å². The van der Waals surface area contributed by atoms with Crippen molar-refractivity contribution >= 4 is 48.8 Å². The fourth-order valence-corrected chi connectivity index (χ4v) is 4.91. The number of benzene rings is 1. The summed E-state index contributed by atoms with van der Waals surface area (Å²) in [6.45, 7) is 5.18. The van der Waals surface area contributed by atoms with E-state index in [-0.39, 0.29) is 6.04 Å². The molecule has 0 radical (unpaired) electrons. The number of hydrogen-bond donors (Lipinski definition) is 1. The van der Waals surface area contributed by atoms with Gasteiger partial charge in [0, 0.05) is 34.6 Å². The number of piperidine rings is 1. The van der Waals surface area contributed by atoms with Crippen molar-refractivity contribution < 1.29 is 0 Å². The third-order valence-electron chi connectivity index (χ3n) is 4.92. The van der Waals surface area contributed by atoms with E-state index < -0.39 is 0 Å². The van der Waals surface area contributed by atoms with Crippen LogP contribution >= 0.6 is 31.9 Å². The van der Waals surface area contributed by atoms with Crippen molar-refractivity contribution in [1.29, 1.82) is 0 Å². The lowest BCUT2D eigenvalue weighted by Crippen LogP contribution is -2.44. The Morgan fingerprint density at radius 1 is 1.18 bits per heavy atom. The number of anilines is 1. The lowest BCUT2D eigenvalue weighted by Gasteiger charge is -2.32. The Morgan fingerprint density at radius 3 is 2.77 bits per heavy atom. The first kappa shape index (κ1) is 15.0. The Kier molecular flexibility index (Phi) is 3.74. The zero-order valence-electron chi connectivity index (χ0n) is 12.7. The number of rotatable bonds is 1. The van der Waals surface area contributed by atoms with Gasteiger partial charge in [0.2, 0.25) is 5.95 Å². The molecule has 118 valence electrons. The highest BCUT2D eigenvalue weighted by Crippen LogP contribution is 2.41. The molecule has 4 rings (SSSR count). The highest BCUT2D eigenvalue weighted by molar-refractivity contribution is 9.13. The number of aromatic nitrogens is 2. The minimum atomic E-state index is 0.268. The molecule has 1 atom stereocenters. The van der Waals surface area contributed by atoms with Crippen LogP contribution in [-0.2, 0) is 13.0 Å². The van der Waals surface area contributed by atoms with Crippen LogP contribution in [0.2, 0.25) is 0 Å². The summed E-state index contributed by atoms with van der Waals surface area (Å²) >= 11 is 7.50. The Bertz CT molecular complexity index is 753. The van der Waals surface area contributed by atoms with Gasteiger partial charge in [0.05, 0.1) is 11.0 Å². The second-order valence-corrected chi connectivity index (χ2v) is 8.03. The molecule has 22 heavy (non-hydrogen) atoms. The average molecular weight is 428 g/mol. The van der Waals surface area contributed by atoms with Gasteiger partial charge in [-0.05, 0) is 75.6 Å². The molecule has 2 aromatic rings. The molecule has 3 heterocycles. The van der Waals surface area contributed by atoms with E-state index >= 15 is 0 Å². The molecule has 0 amide bonds. The van der Waals surface area contributed by atoms with Crippen LogP contribution in [0.3, 0.4) is 0 Å². The van der Waals surface area contributed by atoms with Crippen molar-refractivity contribution in [2.75, 3.05) is 18.0 Å². The predicted octanol–water partition coefficient (Wildman–Crippen LogP) is 3.74. The Morgan fingerprint density at radius 2 is 2.00 bits per heavy atom. The molecular formula is C16H20Br2N4. The molecule has 4 nitrogen and oxygen atoms in total. The van der Waals surface area contributed by atoms with E-state index in [0.29, 0.717) is 0 Å². The summed E-state index contributed by atoms with van der Waals surface area (Å²) in [6, 6.07) is 0.268. The molecule has 6 heteroatoms. The van der Waals surface area contributed by atoms with E-state index in [9.17, 15) is 0 Å². The van der Waals surface area contributed by atoms with Gasteiger partial charge in [0.1, 0.15) is 0 Å². The van der Waals surface area contributed by atoms with Crippen LogP contribution in [0.15, 0.2) is 8.95 Å². The van der Waals surface area contributed by atoms with Crippen LogP contribution in [0.25, 0.3) is 11.0 Å². The molecule has 1 saturated heterocycles. The summed E-state index contributed by atoms with van der Waals surface area (Å²) in [6.07, 6.45) is 4.56. The summed E-state index contributed by atoms with van der Waals surface area (Å²) in [4.78, 5) is 7.41. The minimum Gasteiger partial charge on any atom is -0.341 e. The van der Waals surface area contributed by atoms with E-state index in [1.54, 1.807) is 0 Å². The lowest BCUT2D eigenvalue weighted by atomic mass is 10.0. The van der Waals surface area contributed by atoms with Crippen LogP contribution in [-0.4, -0.2) is 28.7 Å². The normalized spacial score (nSPS) is 21.6. The number of nitrogens with two attached hydrogens (primary N) is 1. The van der Waals surface area contributed by atoms with Crippen molar-refractivity contribution in [3.63, 3.8) is 0 Å². The maximum Gasteiger partial charge on any atom is 0.206 e. The molecule has 1 fully saturated rings. The van der Waals surface area contributed by atoms with Gasteiger partial charge in [-0.15, -0.1) is 0 Å². The topological polar surface area (TPSA) is 47.1 Å². The first-order valence-corrected chi connectivity index (χ1v) is 9.53. The molecule has 0 spiro atoms. The standard InChI is InChI=1S/C16H20Br2N4/c1-9-12(17)13(18)11-5-3-7-22-15(11)14(9)20-16(22)21-6-2-4-10(19)8-21/h10H,2-8,19H2,1H3/t10-/m1/s1. The Labute approximate surface area is 147 Å². The summed E-state index contributed by atoms with van der Waals surface area (Å²) in [5, 5.41) is 0. The largest absolute Gasteiger partial charge is 0.341 e. The molecule has 1 aromatic heterocycles. The van der Waals surface area contributed by atoms with Crippen molar-refractivity contribution in [1.82, 2.24) is 9.55 Å². The van der Waals surface area contributed by atoms with Gasteiger partial charge in [-0.1, -0.05) is 0 Å². The zero-order chi connectivity index (χ0) is 15.4. The van der Waals surface area contributed by atoms with E-state index in [2.05, 4.69) is 48.3 Å². The lowest BCUT2D eigenvalue weighted by molar-refractivity contribution is 0.490. The Balaban J connectivity index is 1.95. The fraction of sp³-hybridized carbons (Fsp3) is 0.562. The highest BCUT2D eigenvalue weighted by atomic mass is 79.9. The molecule has 2 aliphatic heterocycles. The van der Waals surface area contributed by atoms with Crippen LogP contribution in [0.4, 0.5) is 5.95 Å². The summed E-state index contributed by atoms with van der Waals surface area (Å²) in [5.74, 6) is 1.11. The number of halogens is 2. The minimum absolute atomic E-state index is 0.268. The summed E-state index contributed by atoms with van der Waals surface area (Å²) in [5.41, 5.74) is 11.2. The second-order valence-electron chi connectivity index (χ2n) is 6.44. The molecule has 2 N–H and O–H groups in total. The molecule has 0 saturated carbocycles. The number of nitrogens with zero attached hydrogens (tertiary/aromatic N) is 3. The monoisotopic (exact) mass is 426 g/mol. The van der Waals surface area contributed by atoms with E-state index in [1.807, 2.05) is 0 Å². The van der Waals surface area contributed by atoms with Crippen molar-refractivity contribution in [2.45, 2.75) is 45.2 Å². The van der Waals surface area contributed by atoms with Crippen molar-refractivity contribution in [3.8, 4) is 0 Å². The Hall–Kier alpha value is -0.590. The number of hydrogen-bond acceptors (Lipinski definition) is 3. The first-order chi connectivity index (χ1) is 10.6. The van der Waals surface area contributed by atoms with Gasteiger partial charge in [-0.2, -0.15) is 0 Å². The van der Waals surface area contributed by atoms with Crippen LogP contribution in [0.1, 0.15) is 30.4 Å². The van der Waals surface area contributed by atoms with Gasteiger partial charge in [-0.25, -0.2) is 4.98 Å². The van der Waals surface area contributed by atoms with Gasteiger partial charge in [0.15, 0.2) is 0 Å².